The molecular weight excluding hydrogens is 232 g/mol. The Bertz CT molecular complexity index is 198. The van der Waals surface area contributed by atoms with E-state index in [0.29, 0.717) is 0 Å². The standard InChI is InChI=1S/C10H16OS3/c1-2-4-10(11)13-6-3-5-9-7-12-8-14-9/h2,4,9H,3,5-8H2,1H3. The topological polar surface area (TPSA) is 17.1 Å². The molecule has 0 aromatic rings. The zero-order valence-corrected chi connectivity index (χ0v) is 10.9. The zero-order chi connectivity index (χ0) is 10.2. The molecule has 1 unspecified atom stereocenters. The van der Waals surface area contributed by atoms with Crippen LogP contribution in [-0.4, -0.2) is 27.0 Å². The van der Waals surface area contributed by atoms with E-state index < -0.39 is 0 Å². The van der Waals surface area contributed by atoms with E-state index in [4.69, 9.17) is 0 Å². The maximum absolute atomic E-state index is 11.1. The Morgan fingerprint density at radius 2 is 2.50 bits per heavy atom. The van der Waals surface area contributed by atoms with Gasteiger partial charge in [-0.25, -0.2) is 0 Å². The molecule has 1 rings (SSSR count). The highest BCUT2D eigenvalue weighted by Crippen LogP contribution is 2.32. The van der Waals surface area contributed by atoms with Gasteiger partial charge in [0.25, 0.3) is 0 Å². The molecule has 1 aliphatic rings. The van der Waals surface area contributed by atoms with Crippen molar-refractivity contribution in [2.75, 3.05) is 16.6 Å². The van der Waals surface area contributed by atoms with Gasteiger partial charge in [-0.05, 0) is 25.8 Å². The molecule has 1 nitrogen and oxygen atoms in total. The van der Waals surface area contributed by atoms with Crippen molar-refractivity contribution >= 4 is 40.4 Å². The van der Waals surface area contributed by atoms with E-state index in [1.807, 2.05) is 18.7 Å². The molecule has 80 valence electrons. The molecule has 0 amide bonds. The van der Waals surface area contributed by atoms with Crippen LogP contribution in [0, 0.1) is 0 Å². The van der Waals surface area contributed by atoms with Crippen LogP contribution >= 0.6 is 35.3 Å². The van der Waals surface area contributed by atoms with E-state index in [1.54, 1.807) is 12.2 Å². The molecule has 1 aliphatic heterocycles. The third-order valence-electron chi connectivity index (χ3n) is 1.91. The molecular formula is C10H16OS3. The van der Waals surface area contributed by atoms with Crippen molar-refractivity contribution in [2.45, 2.75) is 25.0 Å². The Balaban J connectivity index is 1.95. The van der Waals surface area contributed by atoms with Crippen molar-refractivity contribution in [3.05, 3.63) is 12.2 Å². The van der Waals surface area contributed by atoms with Crippen molar-refractivity contribution in [2.24, 2.45) is 0 Å². The first kappa shape index (κ1) is 12.5. The Labute approximate surface area is 98.9 Å². The Morgan fingerprint density at radius 3 is 3.14 bits per heavy atom. The van der Waals surface area contributed by atoms with Crippen molar-refractivity contribution in [3.8, 4) is 0 Å². The van der Waals surface area contributed by atoms with Gasteiger partial charge in [-0.15, -0.1) is 23.5 Å². The van der Waals surface area contributed by atoms with Gasteiger partial charge in [0.15, 0.2) is 0 Å². The molecule has 0 spiro atoms. The maximum Gasteiger partial charge on any atom is 0.211 e. The molecule has 0 aromatic carbocycles. The number of carbonyl (C=O) groups is 1. The van der Waals surface area contributed by atoms with Gasteiger partial charge in [0.1, 0.15) is 0 Å². The Morgan fingerprint density at radius 1 is 1.64 bits per heavy atom. The second-order valence-electron chi connectivity index (χ2n) is 3.09. The van der Waals surface area contributed by atoms with Gasteiger partial charge in [-0.3, -0.25) is 4.79 Å². The number of hydrogen-bond donors (Lipinski definition) is 0. The van der Waals surface area contributed by atoms with Crippen LogP contribution in [0.4, 0.5) is 0 Å². The van der Waals surface area contributed by atoms with Gasteiger partial charge < -0.3 is 0 Å². The molecule has 0 N–H and O–H groups in total. The molecule has 14 heavy (non-hydrogen) atoms. The van der Waals surface area contributed by atoms with Crippen LogP contribution in [0.25, 0.3) is 0 Å². The highest BCUT2D eigenvalue weighted by molar-refractivity contribution is 8.19. The minimum absolute atomic E-state index is 0.195. The summed E-state index contributed by atoms with van der Waals surface area (Å²) in [4.78, 5) is 11.1. The molecule has 0 bridgehead atoms. The van der Waals surface area contributed by atoms with Crippen LogP contribution in [0.5, 0.6) is 0 Å². The molecule has 1 heterocycles. The first-order valence-corrected chi connectivity index (χ1v) is 8.00. The summed E-state index contributed by atoms with van der Waals surface area (Å²) in [6.07, 6.45) is 5.89. The van der Waals surface area contributed by atoms with Crippen LogP contribution in [0.2, 0.25) is 0 Å². The van der Waals surface area contributed by atoms with Crippen LogP contribution in [0.1, 0.15) is 19.8 Å². The molecule has 0 aromatic heterocycles. The molecule has 0 saturated carbocycles. The van der Waals surface area contributed by atoms with Crippen molar-refractivity contribution in [1.82, 2.24) is 0 Å². The molecule has 1 saturated heterocycles. The van der Waals surface area contributed by atoms with E-state index in [1.165, 1.54) is 35.4 Å². The number of thioether (sulfide) groups is 3. The lowest BCUT2D eigenvalue weighted by Crippen LogP contribution is -2.01. The molecule has 0 aliphatic carbocycles. The van der Waals surface area contributed by atoms with Crippen molar-refractivity contribution in [1.29, 1.82) is 0 Å². The summed E-state index contributed by atoms with van der Waals surface area (Å²) < 4.78 is 0. The summed E-state index contributed by atoms with van der Waals surface area (Å²) in [6.45, 7) is 1.88. The van der Waals surface area contributed by atoms with E-state index in [9.17, 15) is 4.79 Å². The lowest BCUT2D eigenvalue weighted by molar-refractivity contribution is -0.107. The average Bonchev–Trinajstić information content (AvgIpc) is 2.65. The lowest BCUT2D eigenvalue weighted by Gasteiger charge is -2.05. The zero-order valence-electron chi connectivity index (χ0n) is 8.40. The number of rotatable bonds is 5. The smallest absolute Gasteiger partial charge is 0.211 e. The summed E-state index contributed by atoms with van der Waals surface area (Å²) >= 11 is 5.54. The number of allylic oxidation sites excluding steroid dienone is 1. The summed E-state index contributed by atoms with van der Waals surface area (Å²) in [5, 5.41) is 2.30. The van der Waals surface area contributed by atoms with E-state index in [0.717, 1.165) is 11.0 Å². The van der Waals surface area contributed by atoms with Crippen LogP contribution in [0.3, 0.4) is 0 Å². The molecule has 1 fully saturated rings. The summed E-state index contributed by atoms with van der Waals surface area (Å²) in [6, 6.07) is 0. The summed E-state index contributed by atoms with van der Waals surface area (Å²) in [5.41, 5.74) is 0. The Kier molecular flexibility index (Phi) is 6.90. The second-order valence-corrected chi connectivity index (χ2v) is 6.87. The maximum atomic E-state index is 11.1. The third kappa shape index (κ3) is 5.37. The van der Waals surface area contributed by atoms with Gasteiger partial charge in [0, 0.05) is 21.8 Å². The normalized spacial score (nSPS) is 21.9. The summed E-state index contributed by atoms with van der Waals surface area (Å²) in [5.74, 6) is 2.28. The van der Waals surface area contributed by atoms with E-state index >= 15 is 0 Å². The predicted molar refractivity (Wildman–Crippen MR) is 70.2 cm³/mol. The SMILES string of the molecule is CC=CC(=O)SCCCC1CSCS1. The first-order chi connectivity index (χ1) is 6.83. The van der Waals surface area contributed by atoms with E-state index in [-0.39, 0.29) is 5.12 Å². The number of carbonyl (C=O) groups excluding carboxylic acids is 1. The highest BCUT2D eigenvalue weighted by atomic mass is 32.2. The largest absolute Gasteiger partial charge is 0.282 e. The fourth-order valence-corrected chi connectivity index (χ4v) is 4.93. The van der Waals surface area contributed by atoms with Crippen molar-refractivity contribution in [3.63, 3.8) is 0 Å². The molecule has 1 atom stereocenters. The fraction of sp³-hybridized carbons (Fsp3) is 0.700. The first-order valence-electron chi connectivity index (χ1n) is 4.81. The highest BCUT2D eigenvalue weighted by Gasteiger charge is 2.15. The molecule has 4 heteroatoms. The fourth-order valence-electron chi connectivity index (χ4n) is 1.21. The lowest BCUT2D eigenvalue weighted by atomic mass is 10.3. The van der Waals surface area contributed by atoms with Gasteiger partial charge in [-0.1, -0.05) is 17.8 Å². The van der Waals surface area contributed by atoms with E-state index in [2.05, 4.69) is 11.8 Å². The summed E-state index contributed by atoms with van der Waals surface area (Å²) in [7, 11) is 0. The minimum atomic E-state index is 0.195. The van der Waals surface area contributed by atoms with Gasteiger partial charge in [0.2, 0.25) is 5.12 Å². The van der Waals surface area contributed by atoms with Gasteiger partial charge in [0.05, 0.1) is 0 Å². The van der Waals surface area contributed by atoms with Crippen LogP contribution in [0.15, 0.2) is 12.2 Å². The number of hydrogen-bond acceptors (Lipinski definition) is 4. The Hall–Kier alpha value is 0.460. The second kappa shape index (κ2) is 7.71. The van der Waals surface area contributed by atoms with Crippen LogP contribution < -0.4 is 0 Å². The van der Waals surface area contributed by atoms with Crippen LogP contribution in [-0.2, 0) is 4.79 Å². The predicted octanol–water partition coefficient (Wildman–Crippen LogP) is 3.41. The molecule has 0 radical (unpaired) electrons. The minimum Gasteiger partial charge on any atom is -0.282 e. The van der Waals surface area contributed by atoms with Gasteiger partial charge >= 0.3 is 0 Å². The van der Waals surface area contributed by atoms with Crippen molar-refractivity contribution < 1.29 is 4.79 Å². The third-order valence-corrected chi connectivity index (χ3v) is 5.76. The monoisotopic (exact) mass is 248 g/mol. The van der Waals surface area contributed by atoms with Gasteiger partial charge in [-0.2, -0.15) is 0 Å². The average molecular weight is 248 g/mol. The quantitative estimate of drug-likeness (QED) is 0.547.